The molecule has 13 heavy (non-hydrogen) atoms. The Morgan fingerprint density at radius 3 is 2.69 bits per heavy atom. The van der Waals surface area contributed by atoms with Gasteiger partial charge in [0, 0.05) is 12.8 Å². The highest BCUT2D eigenvalue weighted by Gasteiger charge is 2.13. The van der Waals surface area contributed by atoms with Crippen LogP contribution in [0.3, 0.4) is 0 Å². The predicted molar refractivity (Wildman–Crippen MR) is 54.3 cm³/mol. The molecule has 1 atom stereocenters. The summed E-state index contributed by atoms with van der Waals surface area (Å²) in [4.78, 5) is 0.192. The molecule has 0 fully saturated rings. The second-order valence-electron chi connectivity index (χ2n) is 2.51. The van der Waals surface area contributed by atoms with Gasteiger partial charge in [-0.2, -0.15) is 0 Å². The number of halogens is 2. The molecule has 0 heterocycles. The normalized spacial score (nSPS) is 12.9. The van der Waals surface area contributed by atoms with Crippen molar-refractivity contribution in [1.82, 2.24) is 0 Å². The number of benzene rings is 1. The summed E-state index contributed by atoms with van der Waals surface area (Å²) < 4.78 is 24.9. The van der Waals surface area contributed by atoms with Crippen molar-refractivity contribution in [2.24, 2.45) is 5.73 Å². The van der Waals surface area contributed by atoms with E-state index in [2.05, 4.69) is 15.9 Å². The maximum atomic E-state index is 13.4. The maximum Gasteiger partial charge on any atom is 0.153 e. The lowest BCUT2D eigenvalue weighted by Crippen LogP contribution is -2.05. The quantitative estimate of drug-likeness (QED) is 0.886. The van der Waals surface area contributed by atoms with Crippen LogP contribution in [-0.2, 0) is 17.3 Å². The molecule has 0 aliphatic heterocycles. The zero-order chi connectivity index (χ0) is 10.0. The van der Waals surface area contributed by atoms with Crippen molar-refractivity contribution in [2.45, 2.75) is 11.4 Å². The van der Waals surface area contributed by atoms with Gasteiger partial charge in [0.05, 0.1) is 20.2 Å². The monoisotopic (exact) mass is 265 g/mol. The zero-order valence-electron chi connectivity index (χ0n) is 7.01. The van der Waals surface area contributed by atoms with E-state index in [4.69, 9.17) is 5.73 Å². The van der Waals surface area contributed by atoms with Crippen molar-refractivity contribution >= 4 is 26.7 Å². The highest BCUT2D eigenvalue weighted by Crippen LogP contribution is 2.24. The van der Waals surface area contributed by atoms with Gasteiger partial charge in [0.1, 0.15) is 0 Å². The van der Waals surface area contributed by atoms with Gasteiger partial charge < -0.3 is 5.73 Å². The molecule has 1 rings (SSSR count). The van der Waals surface area contributed by atoms with Crippen LogP contribution in [0.5, 0.6) is 0 Å². The van der Waals surface area contributed by atoms with Crippen molar-refractivity contribution in [3.63, 3.8) is 0 Å². The SMILES string of the molecule is CS(=O)c1c(CN)ccc(Br)c1F. The Morgan fingerprint density at radius 2 is 2.23 bits per heavy atom. The Labute approximate surface area is 86.9 Å². The largest absolute Gasteiger partial charge is 0.326 e. The van der Waals surface area contributed by atoms with E-state index in [9.17, 15) is 8.60 Å². The van der Waals surface area contributed by atoms with Crippen LogP contribution in [0.4, 0.5) is 4.39 Å². The minimum atomic E-state index is -1.35. The molecular formula is C8H9BrFNOS. The van der Waals surface area contributed by atoms with Gasteiger partial charge in [0.2, 0.25) is 0 Å². The van der Waals surface area contributed by atoms with Crippen molar-refractivity contribution in [1.29, 1.82) is 0 Å². The Bertz CT molecular complexity index is 356. The average molecular weight is 266 g/mol. The van der Waals surface area contributed by atoms with Crippen LogP contribution in [0.15, 0.2) is 21.5 Å². The summed E-state index contributed by atoms with van der Waals surface area (Å²) in [5, 5.41) is 0. The molecule has 5 heteroatoms. The molecule has 1 aromatic rings. The summed E-state index contributed by atoms with van der Waals surface area (Å²) in [7, 11) is -1.35. The van der Waals surface area contributed by atoms with Crippen LogP contribution in [0, 0.1) is 5.82 Å². The third kappa shape index (κ3) is 2.15. The molecule has 72 valence electrons. The van der Waals surface area contributed by atoms with E-state index in [1.165, 1.54) is 6.26 Å². The summed E-state index contributed by atoms with van der Waals surface area (Å²) in [6.07, 6.45) is 1.43. The van der Waals surface area contributed by atoms with E-state index in [0.717, 1.165) is 0 Å². The van der Waals surface area contributed by atoms with Crippen molar-refractivity contribution in [2.75, 3.05) is 6.26 Å². The minimum absolute atomic E-state index is 0.192. The number of rotatable bonds is 2. The van der Waals surface area contributed by atoms with Gasteiger partial charge in [-0.25, -0.2) is 4.39 Å². The fourth-order valence-electron chi connectivity index (χ4n) is 1.04. The molecular weight excluding hydrogens is 257 g/mol. The van der Waals surface area contributed by atoms with Crippen molar-refractivity contribution < 1.29 is 8.60 Å². The topological polar surface area (TPSA) is 43.1 Å². The molecule has 1 aromatic carbocycles. The van der Waals surface area contributed by atoms with Gasteiger partial charge in [0.15, 0.2) is 5.82 Å². The summed E-state index contributed by atoms with van der Waals surface area (Å²) in [6.45, 7) is 0.194. The van der Waals surface area contributed by atoms with Crippen LogP contribution >= 0.6 is 15.9 Å². The molecule has 0 saturated carbocycles. The maximum absolute atomic E-state index is 13.4. The summed E-state index contributed by atoms with van der Waals surface area (Å²) in [5.74, 6) is -0.483. The standard InChI is InChI=1S/C8H9BrFNOS/c1-13(12)8-5(4-11)2-3-6(9)7(8)10/h2-3H,4,11H2,1H3. The minimum Gasteiger partial charge on any atom is -0.326 e. The molecule has 0 aliphatic rings. The van der Waals surface area contributed by atoms with Gasteiger partial charge in [-0.15, -0.1) is 0 Å². The third-order valence-corrected chi connectivity index (χ3v) is 3.27. The molecule has 0 spiro atoms. The van der Waals surface area contributed by atoms with E-state index in [-0.39, 0.29) is 11.4 Å². The Morgan fingerprint density at radius 1 is 1.62 bits per heavy atom. The van der Waals surface area contributed by atoms with Crippen molar-refractivity contribution in [3.05, 3.63) is 28.0 Å². The fraction of sp³-hybridized carbons (Fsp3) is 0.250. The smallest absolute Gasteiger partial charge is 0.153 e. The second-order valence-corrected chi connectivity index (χ2v) is 4.68. The molecule has 1 unspecified atom stereocenters. The Hall–Kier alpha value is -0.260. The highest BCUT2D eigenvalue weighted by molar-refractivity contribution is 9.10. The van der Waals surface area contributed by atoms with Crippen LogP contribution in [0.2, 0.25) is 0 Å². The lowest BCUT2D eigenvalue weighted by atomic mass is 10.2. The molecule has 0 amide bonds. The highest BCUT2D eigenvalue weighted by atomic mass is 79.9. The summed E-state index contributed by atoms with van der Waals surface area (Å²) in [5.41, 5.74) is 5.98. The first-order valence-electron chi connectivity index (χ1n) is 3.58. The molecule has 2 nitrogen and oxygen atoms in total. The number of hydrogen-bond donors (Lipinski definition) is 1. The summed E-state index contributed by atoms with van der Waals surface area (Å²) in [6, 6.07) is 3.23. The average Bonchev–Trinajstić information content (AvgIpc) is 2.08. The molecule has 0 aromatic heterocycles. The van der Waals surface area contributed by atoms with E-state index in [0.29, 0.717) is 10.0 Å². The fourth-order valence-corrected chi connectivity index (χ4v) is 2.39. The summed E-state index contributed by atoms with van der Waals surface area (Å²) >= 11 is 3.03. The Balaban J connectivity index is 3.41. The van der Waals surface area contributed by atoms with Crippen LogP contribution in [0.1, 0.15) is 5.56 Å². The van der Waals surface area contributed by atoms with E-state index < -0.39 is 16.6 Å². The molecule has 0 radical (unpaired) electrons. The van der Waals surface area contributed by atoms with E-state index >= 15 is 0 Å². The van der Waals surface area contributed by atoms with E-state index in [1.54, 1.807) is 12.1 Å². The van der Waals surface area contributed by atoms with Gasteiger partial charge >= 0.3 is 0 Å². The van der Waals surface area contributed by atoms with Gasteiger partial charge in [-0.1, -0.05) is 6.07 Å². The van der Waals surface area contributed by atoms with Crippen LogP contribution in [-0.4, -0.2) is 10.5 Å². The molecule has 0 bridgehead atoms. The Kier molecular flexibility index (Phi) is 3.58. The molecule has 0 saturated heterocycles. The van der Waals surface area contributed by atoms with Crippen molar-refractivity contribution in [3.8, 4) is 0 Å². The van der Waals surface area contributed by atoms with Gasteiger partial charge in [-0.05, 0) is 27.6 Å². The first-order chi connectivity index (χ1) is 6.07. The first kappa shape index (κ1) is 10.8. The van der Waals surface area contributed by atoms with Gasteiger partial charge in [-0.3, -0.25) is 4.21 Å². The number of nitrogens with two attached hydrogens (primary N) is 1. The lowest BCUT2D eigenvalue weighted by molar-refractivity contribution is 0.584. The van der Waals surface area contributed by atoms with Crippen LogP contribution in [0.25, 0.3) is 0 Å². The van der Waals surface area contributed by atoms with E-state index in [1.807, 2.05) is 0 Å². The third-order valence-electron chi connectivity index (χ3n) is 1.64. The van der Waals surface area contributed by atoms with Gasteiger partial charge in [0.25, 0.3) is 0 Å². The van der Waals surface area contributed by atoms with Crippen LogP contribution < -0.4 is 5.73 Å². The lowest BCUT2D eigenvalue weighted by Gasteiger charge is -2.06. The zero-order valence-corrected chi connectivity index (χ0v) is 9.41. The predicted octanol–water partition coefficient (Wildman–Crippen LogP) is 1.78. The molecule has 2 N–H and O–H groups in total. The number of hydrogen-bond acceptors (Lipinski definition) is 2. The second kappa shape index (κ2) is 4.30. The first-order valence-corrected chi connectivity index (χ1v) is 5.93. The molecule has 0 aliphatic carbocycles.